The highest BCUT2D eigenvalue weighted by Crippen LogP contribution is 2.32. The second-order valence-electron chi connectivity index (χ2n) is 5.87. The minimum atomic E-state index is -3.76. The molecule has 0 aliphatic heterocycles. The number of benzene rings is 1. The Morgan fingerprint density at radius 2 is 2.00 bits per heavy atom. The molecule has 0 radical (unpaired) electrons. The molecule has 8 heteroatoms. The van der Waals surface area contributed by atoms with Crippen molar-refractivity contribution in [1.82, 2.24) is 9.55 Å². The Hall–Kier alpha value is -2.32. The second kappa shape index (κ2) is 7.13. The monoisotopic (exact) mass is 391 g/mol. The van der Waals surface area contributed by atoms with E-state index in [-0.39, 0.29) is 4.90 Å². The molecule has 0 unspecified atom stereocenters. The highest BCUT2D eigenvalue weighted by molar-refractivity contribution is 7.92. The molecule has 0 aliphatic carbocycles. The van der Waals surface area contributed by atoms with E-state index in [0.717, 1.165) is 16.4 Å². The standard InChI is InChI=1S/C18H21N3O3S2/c1-5-24-16-9-7-6-8-14(16)20-26(22,23)17-10-15(21(4)13(17)3)18-19-12(2)11-25-18/h6-11,20H,5H2,1-4H3. The number of thiazole rings is 1. The Bertz CT molecular complexity index is 1040. The van der Waals surface area contributed by atoms with E-state index in [1.165, 1.54) is 11.3 Å². The molecule has 1 aromatic carbocycles. The van der Waals surface area contributed by atoms with Crippen LogP contribution in [0.4, 0.5) is 5.69 Å². The third-order valence-corrected chi connectivity index (χ3v) is 6.51. The predicted octanol–water partition coefficient (Wildman–Crippen LogP) is 3.96. The van der Waals surface area contributed by atoms with E-state index >= 15 is 0 Å². The van der Waals surface area contributed by atoms with Gasteiger partial charge in [-0.1, -0.05) is 12.1 Å². The summed E-state index contributed by atoms with van der Waals surface area (Å²) >= 11 is 1.50. The maximum absolute atomic E-state index is 13.0. The van der Waals surface area contributed by atoms with Gasteiger partial charge in [-0.15, -0.1) is 11.3 Å². The van der Waals surface area contributed by atoms with E-state index in [2.05, 4.69) is 9.71 Å². The number of anilines is 1. The Morgan fingerprint density at radius 3 is 2.65 bits per heavy atom. The molecule has 0 atom stereocenters. The predicted molar refractivity (Wildman–Crippen MR) is 104 cm³/mol. The Labute approximate surface area is 157 Å². The fraction of sp³-hybridized carbons (Fsp3) is 0.278. The van der Waals surface area contributed by atoms with Crippen LogP contribution in [0.3, 0.4) is 0 Å². The van der Waals surface area contributed by atoms with Gasteiger partial charge in [-0.2, -0.15) is 0 Å². The number of ether oxygens (including phenoxy) is 1. The van der Waals surface area contributed by atoms with Gasteiger partial charge < -0.3 is 9.30 Å². The first-order valence-electron chi connectivity index (χ1n) is 8.17. The highest BCUT2D eigenvalue weighted by Gasteiger charge is 2.24. The summed E-state index contributed by atoms with van der Waals surface area (Å²) < 4.78 is 36.0. The topological polar surface area (TPSA) is 73.2 Å². The summed E-state index contributed by atoms with van der Waals surface area (Å²) in [6, 6.07) is 8.66. The fourth-order valence-corrected chi connectivity index (χ4v) is 4.86. The van der Waals surface area contributed by atoms with Gasteiger partial charge >= 0.3 is 0 Å². The second-order valence-corrected chi connectivity index (χ2v) is 8.38. The van der Waals surface area contributed by atoms with Crippen molar-refractivity contribution in [1.29, 1.82) is 0 Å². The first-order chi connectivity index (χ1) is 12.3. The van der Waals surface area contributed by atoms with Crippen LogP contribution < -0.4 is 9.46 Å². The number of nitrogens with zero attached hydrogens (tertiary/aromatic N) is 2. The smallest absolute Gasteiger partial charge is 0.263 e. The van der Waals surface area contributed by atoms with Gasteiger partial charge in [0.25, 0.3) is 10.0 Å². The van der Waals surface area contributed by atoms with E-state index in [4.69, 9.17) is 4.74 Å². The number of hydrogen-bond donors (Lipinski definition) is 1. The van der Waals surface area contributed by atoms with Crippen LogP contribution in [0.2, 0.25) is 0 Å². The summed E-state index contributed by atoms with van der Waals surface area (Å²) in [5.74, 6) is 0.503. The molecule has 1 N–H and O–H groups in total. The number of aryl methyl sites for hydroxylation is 1. The van der Waals surface area contributed by atoms with E-state index in [0.29, 0.717) is 23.7 Å². The Kier molecular flexibility index (Phi) is 5.06. The molecule has 0 saturated carbocycles. The van der Waals surface area contributed by atoms with Gasteiger partial charge in [0.05, 0.1) is 18.0 Å². The third kappa shape index (κ3) is 3.47. The number of para-hydroxylation sites is 2. The van der Waals surface area contributed by atoms with Crippen molar-refractivity contribution in [3.8, 4) is 16.5 Å². The maximum Gasteiger partial charge on any atom is 0.263 e. The largest absolute Gasteiger partial charge is 0.492 e. The lowest BCUT2D eigenvalue weighted by molar-refractivity contribution is 0.342. The molecule has 26 heavy (non-hydrogen) atoms. The van der Waals surface area contributed by atoms with Crippen LogP contribution in [0.25, 0.3) is 10.7 Å². The van der Waals surface area contributed by atoms with Crippen LogP contribution in [-0.4, -0.2) is 24.6 Å². The zero-order valence-corrected chi connectivity index (χ0v) is 16.7. The van der Waals surface area contributed by atoms with Crippen LogP contribution in [0.1, 0.15) is 18.3 Å². The lowest BCUT2D eigenvalue weighted by Gasteiger charge is -2.12. The summed E-state index contributed by atoms with van der Waals surface area (Å²) in [5, 5.41) is 2.74. The van der Waals surface area contributed by atoms with Crippen LogP contribution in [-0.2, 0) is 17.1 Å². The molecule has 0 spiro atoms. The molecule has 0 saturated heterocycles. The highest BCUT2D eigenvalue weighted by atomic mass is 32.2. The van der Waals surface area contributed by atoms with Crippen molar-refractivity contribution in [2.75, 3.05) is 11.3 Å². The average Bonchev–Trinajstić information content (AvgIpc) is 3.14. The minimum absolute atomic E-state index is 0.231. The zero-order chi connectivity index (χ0) is 18.9. The molecule has 0 bridgehead atoms. The molecular formula is C18H21N3O3S2. The van der Waals surface area contributed by atoms with Crippen molar-refractivity contribution in [3.05, 3.63) is 47.1 Å². The van der Waals surface area contributed by atoms with Crippen molar-refractivity contribution in [2.45, 2.75) is 25.7 Å². The van der Waals surface area contributed by atoms with E-state index in [9.17, 15) is 8.42 Å². The minimum Gasteiger partial charge on any atom is -0.492 e. The molecule has 0 amide bonds. The van der Waals surface area contributed by atoms with E-state index < -0.39 is 10.0 Å². The SMILES string of the molecule is CCOc1ccccc1NS(=O)(=O)c1cc(-c2nc(C)cs2)n(C)c1C. The number of aromatic nitrogens is 2. The quantitative estimate of drug-likeness (QED) is 0.690. The zero-order valence-electron chi connectivity index (χ0n) is 15.1. The normalized spacial score (nSPS) is 11.5. The molecular weight excluding hydrogens is 370 g/mol. The van der Waals surface area contributed by atoms with Crippen molar-refractivity contribution < 1.29 is 13.2 Å². The van der Waals surface area contributed by atoms with Gasteiger partial charge in [0.2, 0.25) is 0 Å². The fourth-order valence-electron chi connectivity index (χ4n) is 2.65. The van der Waals surface area contributed by atoms with Gasteiger partial charge in [0.15, 0.2) is 0 Å². The van der Waals surface area contributed by atoms with Gasteiger partial charge in [0, 0.05) is 23.8 Å². The van der Waals surface area contributed by atoms with Crippen molar-refractivity contribution in [2.24, 2.45) is 7.05 Å². The summed E-state index contributed by atoms with van der Waals surface area (Å²) in [4.78, 5) is 4.69. The molecule has 3 aromatic rings. The average molecular weight is 392 g/mol. The van der Waals surface area contributed by atoms with Gasteiger partial charge in [0.1, 0.15) is 15.7 Å². The van der Waals surface area contributed by atoms with Gasteiger partial charge in [-0.05, 0) is 39.0 Å². The lowest BCUT2D eigenvalue weighted by Crippen LogP contribution is -2.14. The molecule has 6 nitrogen and oxygen atoms in total. The van der Waals surface area contributed by atoms with E-state index in [1.807, 2.05) is 30.8 Å². The first kappa shape index (κ1) is 18.5. The Morgan fingerprint density at radius 1 is 1.27 bits per heavy atom. The Balaban J connectivity index is 2.01. The summed E-state index contributed by atoms with van der Waals surface area (Å²) in [6.07, 6.45) is 0. The number of sulfonamides is 1. The molecule has 3 rings (SSSR count). The third-order valence-electron chi connectivity index (χ3n) is 4.05. The van der Waals surface area contributed by atoms with E-state index in [1.54, 1.807) is 37.3 Å². The van der Waals surface area contributed by atoms with Crippen molar-refractivity contribution >= 4 is 27.0 Å². The molecule has 138 valence electrons. The first-order valence-corrected chi connectivity index (χ1v) is 10.5. The molecule has 0 fully saturated rings. The summed E-state index contributed by atoms with van der Waals surface area (Å²) in [6.45, 7) is 6.01. The molecule has 2 aromatic heterocycles. The van der Waals surface area contributed by atoms with Gasteiger partial charge in [-0.3, -0.25) is 4.72 Å². The van der Waals surface area contributed by atoms with Crippen molar-refractivity contribution in [3.63, 3.8) is 0 Å². The number of hydrogen-bond acceptors (Lipinski definition) is 5. The van der Waals surface area contributed by atoms with Crippen LogP contribution in [0.5, 0.6) is 5.75 Å². The molecule has 0 aliphatic rings. The summed E-state index contributed by atoms with van der Waals surface area (Å²) in [5.41, 5.74) is 2.76. The van der Waals surface area contributed by atoms with Gasteiger partial charge in [-0.25, -0.2) is 13.4 Å². The number of rotatable bonds is 6. The van der Waals surface area contributed by atoms with Crippen LogP contribution in [0.15, 0.2) is 40.6 Å². The summed E-state index contributed by atoms with van der Waals surface area (Å²) in [7, 11) is -1.92. The van der Waals surface area contributed by atoms with Crippen LogP contribution in [0, 0.1) is 13.8 Å². The molecule has 2 heterocycles. The van der Waals surface area contributed by atoms with Crippen LogP contribution >= 0.6 is 11.3 Å². The maximum atomic E-state index is 13.0. The number of nitrogens with one attached hydrogen (secondary N) is 1. The lowest BCUT2D eigenvalue weighted by atomic mass is 10.3.